The van der Waals surface area contributed by atoms with Gasteiger partial charge in [-0.2, -0.15) is 5.10 Å². The van der Waals surface area contributed by atoms with Gasteiger partial charge in [-0.05, 0) is 57.2 Å². The predicted octanol–water partition coefficient (Wildman–Crippen LogP) is 4.08. The van der Waals surface area contributed by atoms with E-state index in [1.807, 2.05) is 62.3 Å². The second-order valence-corrected chi connectivity index (χ2v) is 10.7. The number of fused-ring (bicyclic) bond motifs is 1. The van der Waals surface area contributed by atoms with Crippen LogP contribution in [0.2, 0.25) is 0 Å². The smallest absolute Gasteiger partial charge is 0.410 e. The van der Waals surface area contributed by atoms with Crippen LogP contribution in [-0.2, 0) is 9.47 Å². The van der Waals surface area contributed by atoms with E-state index in [2.05, 4.69) is 15.2 Å². The van der Waals surface area contributed by atoms with Crippen LogP contribution in [0.3, 0.4) is 0 Å². The van der Waals surface area contributed by atoms with Crippen LogP contribution in [0, 0.1) is 0 Å². The molecule has 39 heavy (non-hydrogen) atoms. The summed E-state index contributed by atoms with van der Waals surface area (Å²) >= 11 is 1.56. The Hall–Kier alpha value is -3.38. The lowest BCUT2D eigenvalue weighted by atomic mass is 10.1. The number of hydrogen-bond acceptors (Lipinski definition) is 9. The first-order valence-corrected chi connectivity index (χ1v) is 14.6. The maximum absolute atomic E-state index is 12.4. The van der Waals surface area contributed by atoms with E-state index < -0.39 is 0 Å². The third-order valence-corrected chi connectivity index (χ3v) is 7.59. The number of thioether (sulfide) groups is 1. The van der Waals surface area contributed by atoms with Crippen molar-refractivity contribution in [3.05, 3.63) is 30.5 Å². The fourth-order valence-electron chi connectivity index (χ4n) is 4.90. The molecule has 0 unspecified atom stereocenters. The molecule has 0 saturated carbocycles. The highest BCUT2D eigenvalue weighted by molar-refractivity contribution is 8.13. The molecule has 0 atom stereocenters. The van der Waals surface area contributed by atoms with Crippen molar-refractivity contribution in [2.75, 3.05) is 57.6 Å². The number of amidine groups is 1. The Balaban J connectivity index is 1.47. The zero-order chi connectivity index (χ0) is 27.4. The van der Waals surface area contributed by atoms with Crippen molar-refractivity contribution in [1.82, 2.24) is 30.0 Å². The van der Waals surface area contributed by atoms with Gasteiger partial charge in [0.1, 0.15) is 5.82 Å². The molecular formula is C27H36N8O3S. The Bertz CT molecular complexity index is 1310. The van der Waals surface area contributed by atoms with Crippen molar-refractivity contribution in [3.8, 4) is 11.4 Å². The number of likely N-dealkylation sites (tertiary alicyclic amines) is 1. The molecule has 1 aromatic carbocycles. The molecule has 11 nitrogen and oxygen atoms in total. The molecule has 2 aromatic heterocycles. The van der Waals surface area contributed by atoms with E-state index in [0.717, 1.165) is 59.2 Å². The number of amides is 1. The molecule has 2 aliphatic heterocycles. The molecule has 0 bridgehead atoms. The highest BCUT2D eigenvalue weighted by atomic mass is 32.2. The molecule has 1 N–H and O–H groups in total. The Morgan fingerprint density at radius 1 is 1.13 bits per heavy atom. The van der Waals surface area contributed by atoms with Crippen molar-refractivity contribution in [3.63, 3.8) is 0 Å². The summed E-state index contributed by atoms with van der Waals surface area (Å²) in [5.41, 5.74) is 2.59. The van der Waals surface area contributed by atoms with E-state index in [4.69, 9.17) is 24.5 Å². The molecule has 2 aliphatic rings. The SMILES string of the molecule is CN/C(=N\c1ccc(-c2nc(N3CCOCC3)c3cnn(C4CCN(C(=O)OC(C)C)CC4)c3n2)cc1)SC. The minimum atomic E-state index is -0.250. The number of anilines is 1. The molecule has 208 valence electrons. The first-order valence-electron chi connectivity index (χ1n) is 13.4. The van der Waals surface area contributed by atoms with E-state index in [9.17, 15) is 4.79 Å². The first kappa shape index (κ1) is 27.2. The zero-order valence-corrected chi connectivity index (χ0v) is 23.8. The van der Waals surface area contributed by atoms with Crippen molar-refractivity contribution in [1.29, 1.82) is 0 Å². The summed E-state index contributed by atoms with van der Waals surface area (Å²) in [6.07, 6.45) is 5.06. The average Bonchev–Trinajstić information content (AvgIpc) is 3.40. The van der Waals surface area contributed by atoms with Crippen LogP contribution in [0.5, 0.6) is 0 Å². The summed E-state index contributed by atoms with van der Waals surface area (Å²) in [6.45, 7) is 7.84. The highest BCUT2D eigenvalue weighted by Gasteiger charge is 2.28. The lowest BCUT2D eigenvalue weighted by Crippen LogP contribution is -2.40. The van der Waals surface area contributed by atoms with Gasteiger partial charge in [-0.3, -0.25) is 0 Å². The summed E-state index contributed by atoms with van der Waals surface area (Å²) in [6, 6.07) is 8.11. The van der Waals surface area contributed by atoms with Gasteiger partial charge >= 0.3 is 6.09 Å². The summed E-state index contributed by atoms with van der Waals surface area (Å²) in [5, 5.41) is 9.67. The van der Waals surface area contributed by atoms with Crippen LogP contribution in [0.1, 0.15) is 32.7 Å². The van der Waals surface area contributed by atoms with Crippen molar-refractivity contribution in [2.24, 2.45) is 4.99 Å². The summed E-state index contributed by atoms with van der Waals surface area (Å²) in [5.74, 6) is 1.53. The summed E-state index contributed by atoms with van der Waals surface area (Å²) in [7, 11) is 1.87. The molecule has 5 rings (SSSR count). The number of nitrogens with one attached hydrogen (secondary N) is 1. The predicted molar refractivity (Wildman–Crippen MR) is 155 cm³/mol. The lowest BCUT2D eigenvalue weighted by molar-refractivity contribution is 0.0656. The topological polar surface area (TPSA) is 110 Å². The summed E-state index contributed by atoms with van der Waals surface area (Å²) in [4.78, 5) is 31.1. The Morgan fingerprint density at radius 2 is 1.85 bits per heavy atom. The molecule has 2 fully saturated rings. The van der Waals surface area contributed by atoms with Gasteiger partial charge in [0, 0.05) is 38.8 Å². The number of piperidine rings is 1. The average molecular weight is 553 g/mol. The van der Waals surface area contributed by atoms with E-state index in [0.29, 0.717) is 32.1 Å². The Kier molecular flexibility index (Phi) is 8.51. The monoisotopic (exact) mass is 552 g/mol. The van der Waals surface area contributed by atoms with Crippen LogP contribution in [-0.4, -0.2) is 94.7 Å². The number of aromatic nitrogens is 4. The maximum atomic E-state index is 12.4. The largest absolute Gasteiger partial charge is 0.447 e. The number of hydrogen-bond donors (Lipinski definition) is 1. The molecule has 3 aromatic rings. The van der Waals surface area contributed by atoms with Crippen molar-refractivity contribution in [2.45, 2.75) is 38.8 Å². The number of ether oxygens (including phenoxy) is 2. The van der Waals surface area contributed by atoms with Gasteiger partial charge in [0.05, 0.1) is 42.6 Å². The maximum Gasteiger partial charge on any atom is 0.410 e. The molecule has 12 heteroatoms. The number of nitrogens with zero attached hydrogens (tertiary/aromatic N) is 7. The summed E-state index contributed by atoms with van der Waals surface area (Å²) < 4.78 is 13.0. The number of carbonyl (C=O) groups excluding carboxylic acids is 1. The van der Waals surface area contributed by atoms with Gasteiger partial charge in [-0.25, -0.2) is 24.4 Å². The standard InChI is InChI=1S/C27H36N8O3S/c1-18(2)38-27(36)34-11-9-21(10-12-34)35-25-22(17-29-35)24(33-13-15-37-16-14-33)31-23(32-25)19-5-7-20(8-6-19)30-26(28-3)39-4/h5-8,17-18,21H,9-16H2,1-4H3,(H,28,30). The lowest BCUT2D eigenvalue weighted by Gasteiger charge is -2.32. The quantitative estimate of drug-likeness (QED) is 0.370. The van der Waals surface area contributed by atoms with Gasteiger partial charge in [0.15, 0.2) is 16.6 Å². The third kappa shape index (κ3) is 6.11. The Labute approximate surface area is 233 Å². The van der Waals surface area contributed by atoms with Crippen LogP contribution >= 0.6 is 11.8 Å². The zero-order valence-electron chi connectivity index (χ0n) is 23.0. The molecule has 4 heterocycles. The molecule has 0 aliphatic carbocycles. The Morgan fingerprint density at radius 3 is 2.49 bits per heavy atom. The third-order valence-electron chi connectivity index (χ3n) is 6.91. The van der Waals surface area contributed by atoms with Gasteiger partial charge < -0.3 is 24.6 Å². The van der Waals surface area contributed by atoms with Crippen LogP contribution in [0.25, 0.3) is 22.4 Å². The second-order valence-electron chi connectivity index (χ2n) is 9.87. The molecule has 2 saturated heterocycles. The molecule has 0 spiro atoms. The number of rotatable bonds is 5. The first-order chi connectivity index (χ1) is 19.0. The minimum absolute atomic E-state index is 0.129. The molecule has 0 radical (unpaired) electrons. The van der Waals surface area contributed by atoms with Gasteiger partial charge in [-0.15, -0.1) is 0 Å². The van der Waals surface area contributed by atoms with Gasteiger partial charge in [-0.1, -0.05) is 11.8 Å². The minimum Gasteiger partial charge on any atom is -0.447 e. The number of aliphatic imine (C=N–C) groups is 1. The van der Waals surface area contributed by atoms with Gasteiger partial charge in [0.2, 0.25) is 0 Å². The van der Waals surface area contributed by atoms with E-state index in [1.165, 1.54) is 0 Å². The van der Waals surface area contributed by atoms with Crippen LogP contribution < -0.4 is 10.2 Å². The van der Waals surface area contributed by atoms with Crippen LogP contribution in [0.15, 0.2) is 35.5 Å². The van der Waals surface area contributed by atoms with Crippen molar-refractivity contribution >= 4 is 45.6 Å². The second kappa shape index (κ2) is 12.2. The highest BCUT2D eigenvalue weighted by Crippen LogP contribution is 2.32. The fourth-order valence-corrected chi connectivity index (χ4v) is 5.30. The normalized spacial score (nSPS) is 17.2. The van der Waals surface area contributed by atoms with E-state index >= 15 is 0 Å². The van der Waals surface area contributed by atoms with E-state index in [1.54, 1.807) is 16.7 Å². The molecular weight excluding hydrogens is 516 g/mol. The van der Waals surface area contributed by atoms with E-state index in [-0.39, 0.29) is 18.2 Å². The number of morpholine rings is 1. The number of carbonyl (C=O) groups is 1. The van der Waals surface area contributed by atoms with Crippen LogP contribution in [0.4, 0.5) is 16.3 Å². The van der Waals surface area contributed by atoms with Gasteiger partial charge in [0.25, 0.3) is 0 Å². The number of benzene rings is 1. The molecule has 1 amide bonds. The van der Waals surface area contributed by atoms with Crippen molar-refractivity contribution < 1.29 is 14.3 Å². The fraction of sp³-hybridized carbons (Fsp3) is 0.519.